The van der Waals surface area contributed by atoms with Crippen LogP contribution < -0.4 is 10.4 Å². The van der Waals surface area contributed by atoms with Crippen LogP contribution in [0.4, 0.5) is 0 Å². The molecule has 0 atom stereocenters. The molecular weight excluding hydrogens is 496 g/mol. The van der Waals surface area contributed by atoms with Crippen molar-refractivity contribution < 1.29 is 24.6 Å². The Morgan fingerprint density at radius 3 is 1.22 bits per heavy atom. The summed E-state index contributed by atoms with van der Waals surface area (Å²) in [6.07, 6.45) is 0.444. The molecule has 0 amide bonds. The van der Waals surface area contributed by atoms with Gasteiger partial charge in [-0.1, -0.05) is 135 Å². The summed E-state index contributed by atoms with van der Waals surface area (Å²) in [4.78, 5) is 29.5. The monoisotopic (exact) mass is 548 g/mol. The first-order valence-electron chi connectivity index (χ1n) is 13.4. The highest BCUT2D eigenvalue weighted by atomic mass is 28.4. The molecule has 210 valence electrons. The summed E-state index contributed by atoms with van der Waals surface area (Å²) in [5, 5.41) is 18.2. The molecule has 37 heavy (non-hydrogen) atoms. The van der Waals surface area contributed by atoms with Crippen molar-refractivity contribution >= 4 is 39.4 Å². The summed E-state index contributed by atoms with van der Waals surface area (Å²) >= 11 is 0. The van der Waals surface area contributed by atoms with E-state index < -0.39 is 29.1 Å². The van der Waals surface area contributed by atoms with Crippen LogP contribution in [-0.4, -0.2) is 44.1 Å². The maximum atomic E-state index is 10.8. The Kier molecular flexibility index (Phi) is 19.8. The first-order chi connectivity index (χ1) is 17.2. The van der Waals surface area contributed by atoms with E-state index in [1.807, 2.05) is 18.2 Å². The van der Waals surface area contributed by atoms with Gasteiger partial charge in [0.2, 0.25) is 8.32 Å². The highest BCUT2D eigenvalue weighted by Crippen LogP contribution is 2.29. The van der Waals surface area contributed by atoms with Crippen molar-refractivity contribution in [1.82, 2.24) is 0 Å². The molecule has 0 fully saturated rings. The molecule has 0 radical (unpaired) electrons. The summed E-state index contributed by atoms with van der Waals surface area (Å²) in [5.41, 5.74) is 2.46. The van der Waals surface area contributed by atoms with Gasteiger partial charge in [0, 0.05) is 12.8 Å². The number of rotatable bonds is 8. The fourth-order valence-corrected chi connectivity index (χ4v) is 11.4. The number of benzene rings is 2. The average Bonchev–Trinajstić information content (AvgIpc) is 2.85. The summed E-state index contributed by atoms with van der Waals surface area (Å²) in [7, 11) is -3.02. The zero-order valence-electron chi connectivity index (χ0n) is 24.7. The molecule has 0 aromatic heterocycles. The van der Waals surface area contributed by atoms with Gasteiger partial charge in [0.1, 0.15) is 0 Å². The average molecular weight is 549 g/mol. The standard InChI is InChI=1S/C12H20OSi.C12H20Si.2C3H6O2/c1-10(2)14(13,11(3)4)12-8-6-5-7-9-12;1-10(2)13(11(3)4)12-8-6-5-7-9-12;2*1-2-3(4)5/h5-11,13H,1-4H3;5-11,13H,1-4H3;2*2H2,1H3,(H,4,5). The van der Waals surface area contributed by atoms with E-state index in [0.29, 0.717) is 11.1 Å². The maximum absolute atomic E-state index is 10.8. The SMILES string of the molecule is CC(C)[SiH](c1ccccc1)C(C)C.CC(C)[Si](O)(c1ccccc1)C(C)C.CCC(=O)O.CCC(=O)O. The van der Waals surface area contributed by atoms with Crippen molar-refractivity contribution in [3.05, 3.63) is 60.7 Å². The second-order valence-corrected chi connectivity index (χ2v) is 19.3. The van der Waals surface area contributed by atoms with E-state index in [2.05, 4.69) is 97.9 Å². The topological polar surface area (TPSA) is 94.8 Å². The van der Waals surface area contributed by atoms with Crippen LogP contribution >= 0.6 is 0 Å². The van der Waals surface area contributed by atoms with Crippen molar-refractivity contribution in [2.24, 2.45) is 0 Å². The smallest absolute Gasteiger partial charge is 0.303 e. The molecule has 0 heterocycles. The number of aliphatic carboxylic acids is 2. The van der Waals surface area contributed by atoms with E-state index in [-0.39, 0.29) is 12.8 Å². The van der Waals surface area contributed by atoms with Crippen molar-refractivity contribution in [1.29, 1.82) is 0 Å². The van der Waals surface area contributed by atoms with E-state index in [1.54, 1.807) is 19.0 Å². The molecule has 2 rings (SSSR count). The lowest BCUT2D eigenvalue weighted by Crippen LogP contribution is -2.53. The summed E-state index contributed by atoms with van der Waals surface area (Å²) in [6.45, 7) is 21.2. The van der Waals surface area contributed by atoms with Gasteiger partial charge in [0.15, 0.2) is 0 Å². The van der Waals surface area contributed by atoms with E-state index in [1.165, 1.54) is 0 Å². The molecule has 0 bridgehead atoms. The summed E-state index contributed by atoms with van der Waals surface area (Å²) in [6, 6.07) is 21.2. The summed E-state index contributed by atoms with van der Waals surface area (Å²) in [5.74, 6) is -1.49. The predicted molar refractivity (Wildman–Crippen MR) is 164 cm³/mol. The molecule has 0 saturated carbocycles. The molecular formula is C30H52O5Si2. The number of carbonyl (C=O) groups is 2. The number of carboxylic acids is 2. The van der Waals surface area contributed by atoms with Gasteiger partial charge >= 0.3 is 11.9 Å². The Hall–Kier alpha value is -2.23. The second-order valence-electron chi connectivity index (χ2n) is 10.4. The van der Waals surface area contributed by atoms with Crippen LogP contribution in [-0.2, 0) is 9.59 Å². The second kappa shape index (κ2) is 19.8. The number of hydrogen-bond acceptors (Lipinski definition) is 3. The zero-order valence-corrected chi connectivity index (χ0v) is 26.9. The van der Waals surface area contributed by atoms with Crippen molar-refractivity contribution in [2.45, 2.75) is 104 Å². The van der Waals surface area contributed by atoms with Crippen LogP contribution in [0.1, 0.15) is 82.1 Å². The lowest BCUT2D eigenvalue weighted by atomic mass is 10.4. The largest absolute Gasteiger partial charge is 0.481 e. The molecule has 3 N–H and O–H groups in total. The van der Waals surface area contributed by atoms with Gasteiger partial charge < -0.3 is 15.0 Å². The minimum atomic E-state index is -2.28. The van der Waals surface area contributed by atoms with E-state index in [0.717, 1.165) is 16.3 Å². The van der Waals surface area contributed by atoms with E-state index >= 15 is 0 Å². The predicted octanol–water partition coefficient (Wildman–Crippen LogP) is 6.55. The Balaban J connectivity index is 0. The lowest BCUT2D eigenvalue weighted by molar-refractivity contribution is -0.137. The quantitative estimate of drug-likeness (QED) is 0.325. The normalized spacial score (nSPS) is 10.8. The van der Waals surface area contributed by atoms with Gasteiger partial charge in [-0.05, 0) is 27.4 Å². The third-order valence-corrected chi connectivity index (χ3v) is 15.0. The Morgan fingerprint density at radius 1 is 0.676 bits per heavy atom. The van der Waals surface area contributed by atoms with Crippen LogP contribution in [0.3, 0.4) is 0 Å². The first-order valence-corrected chi connectivity index (χ1v) is 17.4. The maximum Gasteiger partial charge on any atom is 0.303 e. The van der Waals surface area contributed by atoms with Crippen LogP contribution in [0.5, 0.6) is 0 Å². The molecule has 7 heteroatoms. The van der Waals surface area contributed by atoms with Gasteiger partial charge in [-0.2, -0.15) is 0 Å². The third-order valence-electron chi connectivity index (χ3n) is 6.22. The van der Waals surface area contributed by atoms with E-state index in [4.69, 9.17) is 10.2 Å². The molecule has 5 nitrogen and oxygen atoms in total. The van der Waals surface area contributed by atoms with E-state index in [9.17, 15) is 14.4 Å². The van der Waals surface area contributed by atoms with Gasteiger partial charge in [-0.15, -0.1) is 0 Å². The molecule has 2 aromatic rings. The highest BCUT2D eigenvalue weighted by molar-refractivity contribution is 6.87. The zero-order chi connectivity index (χ0) is 29.2. The Morgan fingerprint density at radius 2 is 0.973 bits per heavy atom. The minimum absolute atomic E-state index is 0.222. The molecule has 0 aliphatic rings. The van der Waals surface area contributed by atoms with Crippen molar-refractivity contribution in [3.63, 3.8) is 0 Å². The van der Waals surface area contributed by atoms with Crippen LogP contribution in [0.25, 0.3) is 0 Å². The van der Waals surface area contributed by atoms with Gasteiger partial charge in [-0.3, -0.25) is 9.59 Å². The molecule has 0 aliphatic heterocycles. The first kappa shape index (κ1) is 36.9. The van der Waals surface area contributed by atoms with Crippen LogP contribution in [0, 0.1) is 0 Å². The highest BCUT2D eigenvalue weighted by Gasteiger charge is 2.40. The third kappa shape index (κ3) is 14.9. The van der Waals surface area contributed by atoms with Crippen molar-refractivity contribution in [3.8, 4) is 0 Å². The fourth-order valence-electron chi connectivity index (χ4n) is 4.25. The van der Waals surface area contributed by atoms with Crippen LogP contribution in [0.15, 0.2) is 60.7 Å². The van der Waals surface area contributed by atoms with Gasteiger partial charge in [0.25, 0.3) is 0 Å². The van der Waals surface area contributed by atoms with Gasteiger partial charge in [0.05, 0.1) is 8.80 Å². The molecule has 0 spiro atoms. The Labute approximate surface area is 228 Å². The molecule has 0 unspecified atom stereocenters. The summed E-state index contributed by atoms with van der Waals surface area (Å²) < 4.78 is 0. The Bertz CT molecular complexity index is 823. The number of hydrogen-bond donors (Lipinski definition) is 3. The van der Waals surface area contributed by atoms with Crippen molar-refractivity contribution in [2.75, 3.05) is 0 Å². The van der Waals surface area contributed by atoms with Gasteiger partial charge in [-0.25, -0.2) is 0 Å². The minimum Gasteiger partial charge on any atom is -0.481 e. The molecule has 0 aliphatic carbocycles. The van der Waals surface area contributed by atoms with Crippen LogP contribution in [0.2, 0.25) is 22.2 Å². The lowest BCUT2D eigenvalue weighted by Gasteiger charge is -2.33. The molecule has 0 saturated heterocycles. The number of carboxylic acid groups (broad SMARTS) is 2. The fraction of sp³-hybridized carbons (Fsp3) is 0.533. The molecule has 2 aromatic carbocycles.